The quantitative estimate of drug-likeness (QED) is 0.895. The van der Waals surface area contributed by atoms with Crippen LogP contribution in [0.4, 0.5) is 16.2 Å². The summed E-state index contributed by atoms with van der Waals surface area (Å²) in [5.74, 6) is 2.35. The van der Waals surface area contributed by atoms with Crippen molar-refractivity contribution in [1.29, 1.82) is 0 Å². The van der Waals surface area contributed by atoms with E-state index in [1.54, 1.807) is 12.4 Å². The first kappa shape index (κ1) is 16.6. The van der Waals surface area contributed by atoms with E-state index in [0.29, 0.717) is 6.54 Å². The van der Waals surface area contributed by atoms with Gasteiger partial charge in [-0.2, -0.15) is 11.8 Å². The number of benzene rings is 1. The van der Waals surface area contributed by atoms with Crippen molar-refractivity contribution in [3.05, 3.63) is 53.9 Å². The van der Waals surface area contributed by atoms with E-state index >= 15 is 0 Å². The topological polar surface area (TPSA) is 57.3 Å². The Morgan fingerprint density at radius 2 is 2.12 bits per heavy atom. The maximum atomic E-state index is 12.0. The van der Waals surface area contributed by atoms with Crippen LogP contribution in [-0.4, -0.2) is 35.6 Å². The Kier molecular flexibility index (Phi) is 5.59. The fraction of sp³-hybridized carbons (Fsp3) is 0.333. The van der Waals surface area contributed by atoms with Gasteiger partial charge in [0.1, 0.15) is 0 Å². The molecule has 2 aromatic rings. The number of carbonyl (C=O) groups excluding carboxylic acids is 1. The summed E-state index contributed by atoms with van der Waals surface area (Å²) in [6.45, 7) is 4.73. The van der Waals surface area contributed by atoms with Gasteiger partial charge in [-0.3, -0.25) is 4.98 Å². The van der Waals surface area contributed by atoms with Crippen LogP contribution in [0.25, 0.3) is 0 Å². The standard InChI is InChI=1S/C18H22N4OS/c1-14-11-16(4-5-17(14)22-7-9-24-10-8-22)21-18(23)20-13-15-3-2-6-19-12-15/h2-6,11-12H,7-10,13H2,1H3,(H2,20,21,23). The average molecular weight is 342 g/mol. The zero-order chi connectivity index (χ0) is 16.8. The van der Waals surface area contributed by atoms with Crippen molar-refractivity contribution < 1.29 is 4.79 Å². The molecule has 6 heteroatoms. The van der Waals surface area contributed by atoms with Gasteiger partial charge in [0, 0.05) is 54.9 Å². The molecule has 2 heterocycles. The molecule has 0 saturated carbocycles. The number of aryl methyl sites for hydroxylation is 1. The minimum Gasteiger partial charge on any atom is -0.370 e. The van der Waals surface area contributed by atoms with E-state index in [4.69, 9.17) is 0 Å². The number of pyridine rings is 1. The zero-order valence-electron chi connectivity index (χ0n) is 13.8. The highest BCUT2D eigenvalue weighted by molar-refractivity contribution is 7.99. The molecule has 0 bridgehead atoms. The molecule has 2 amide bonds. The molecule has 1 fully saturated rings. The first-order valence-electron chi connectivity index (χ1n) is 8.09. The minimum atomic E-state index is -0.208. The predicted molar refractivity (Wildman–Crippen MR) is 101 cm³/mol. The number of nitrogens with zero attached hydrogens (tertiary/aromatic N) is 2. The molecule has 3 rings (SSSR count). The summed E-state index contributed by atoms with van der Waals surface area (Å²) in [4.78, 5) is 18.5. The number of nitrogens with one attached hydrogen (secondary N) is 2. The van der Waals surface area contributed by atoms with Crippen molar-refractivity contribution >= 4 is 29.2 Å². The molecule has 0 radical (unpaired) electrons. The number of amides is 2. The molecule has 0 atom stereocenters. The smallest absolute Gasteiger partial charge is 0.319 e. The van der Waals surface area contributed by atoms with Crippen molar-refractivity contribution in [2.24, 2.45) is 0 Å². The largest absolute Gasteiger partial charge is 0.370 e. The molecule has 1 aromatic heterocycles. The monoisotopic (exact) mass is 342 g/mol. The van der Waals surface area contributed by atoms with Crippen LogP contribution in [0, 0.1) is 6.92 Å². The molecular formula is C18H22N4OS. The lowest BCUT2D eigenvalue weighted by molar-refractivity contribution is 0.251. The van der Waals surface area contributed by atoms with Crippen LogP contribution in [0.2, 0.25) is 0 Å². The number of hydrogen-bond donors (Lipinski definition) is 2. The Hall–Kier alpha value is -2.21. The van der Waals surface area contributed by atoms with Crippen LogP contribution >= 0.6 is 11.8 Å². The summed E-state index contributed by atoms with van der Waals surface area (Å²) in [6.07, 6.45) is 3.46. The summed E-state index contributed by atoms with van der Waals surface area (Å²) in [6, 6.07) is 9.68. The van der Waals surface area contributed by atoms with Crippen LogP contribution in [0.5, 0.6) is 0 Å². The molecule has 0 spiro atoms. The highest BCUT2D eigenvalue weighted by atomic mass is 32.2. The summed E-state index contributed by atoms with van der Waals surface area (Å²) in [5.41, 5.74) is 4.23. The molecule has 2 N–H and O–H groups in total. The molecule has 0 unspecified atom stereocenters. The Bertz CT molecular complexity index is 687. The Labute approximate surface area is 146 Å². The molecule has 1 saturated heterocycles. The summed E-state index contributed by atoms with van der Waals surface area (Å²) < 4.78 is 0. The second kappa shape index (κ2) is 8.06. The molecule has 1 aromatic carbocycles. The van der Waals surface area contributed by atoms with Crippen LogP contribution in [-0.2, 0) is 6.54 Å². The SMILES string of the molecule is Cc1cc(NC(=O)NCc2cccnc2)ccc1N1CCSCC1. The zero-order valence-corrected chi connectivity index (χ0v) is 14.6. The van der Waals surface area contributed by atoms with Gasteiger partial charge in [0.05, 0.1) is 0 Å². The lowest BCUT2D eigenvalue weighted by atomic mass is 10.1. The fourth-order valence-corrected chi connectivity index (χ4v) is 3.66. The van der Waals surface area contributed by atoms with Crippen LogP contribution in [0.1, 0.15) is 11.1 Å². The molecule has 126 valence electrons. The van der Waals surface area contributed by atoms with Gasteiger partial charge in [0.2, 0.25) is 0 Å². The maximum absolute atomic E-state index is 12.0. The van der Waals surface area contributed by atoms with Gasteiger partial charge in [-0.15, -0.1) is 0 Å². The van der Waals surface area contributed by atoms with Gasteiger partial charge in [0.15, 0.2) is 0 Å². The summed E-state index contributed by atoms with van der Waals surface area (Å²) >= 11 is 2.00. The first-order valence-corrected chi connectivity index (χ1v) is 9.25. The summed E-state index contributed by atoms with van der Waals surface area (Å²) in [7, 11) is 0. The van der Waals surface area contributed by atoms with Gasteiger partial charge in [-0.1, -0.05) is 6.07 Å². The van der Waals surface area contributed by atoms with Crippen molar-refractivity contribution in [2.75, 3.05) is 34.8 Å². The number of carbonyl (C=O) groups is 1. The van der Waals surface area contributed by atoms with E-state index in [0.717, 1.165) is 24.3 Å². The van der Waals surface area contributed by atoms with Crippen LogP contribution < -0.4 is 15.5 Å². The lowest BCUT2D eigenvalue weighted by Gasteiger charge is -2.30. The minimum absolute atomic E-state index is 0.208. The number of urea groups is 1. The molecule has 1 aliphatic rings. The van der Waals surface area contributed by atoms with E-state index < -0.39 is 0 Å². The lowest BCUT2D eigenvalue weighted by Crippen LogP contribution is -2.33. The van der Waals surface area contributed by atoms with E-state index in [1.165, 1.54) is 22.8 Å². The van der Waals surface area contributed by atoms with Gasteiger partial charge in [-0.05, 0) is 42.3 Å². The van der Waals surface area contributed by atoms with Gasteiger partial charge < -0.3 is 15.5 Å². The number of thioether (sulfide) groups is 1. The van der Waals surface area contributed by atoms with Crippen molar-refractivity contribution in [3.63, 3.8) is 0 Å². The van der Waals surface area contributed by atoms with E-state index in [2.05, 4.69) is 33.5 Å². The van der Waals surface area contributed by atoms with Gasteiger partial charge in [-0.25, -0.2) is 4.79 Å². The first-order chi connectivity index (χ1) is 11.7. The van der Waals surface area contributed by atoms with Crippen molar-refractivity contribution in [2.45, 2.75) is 13.5 Å². The Morgan fingerprint density at radius 1 is 1.29 bits per heavy atom. The second-order valence-corrected chi connectivity index (χ2v) is 6.99. The number of aromatic nitrogens is 1. The van der Waals surface area contributed by atoms with Crippen molar-refractivity contribution in [1.82, 2.24) is 10.3 Å². The molecular weight excluding hydrogens is 320 g/mol. The predicted octanol–water partition coefficient (Wildman–Crippen LogP) is 3.26. The fourth-order valence-electron chi connectivity index (χ4n) is 2.75. The van der Waals surface area contributed by atoms with Crippen LogP contribution in [0.15, 0.2) is 42.7 Å². The molecule has 5 nitrogen and oxygen atoms in total. The number of rotatable bonds is 4. The maximum Gasteiger partial charge on any atom is 0.319 e. The van der Waals surface area contributed by atoms with Crippen molar-refractivity contribution in [3.8, 4) is 0 Å². The third-order valence-corrected chi connectivity index (χ3v) is 4.92. The second-order valence-electron chi connectivity index (χ2n) is 5.77. The Balaban J connectivity index is 1.57. The average Bonchev–Trinajstić information content (AvgIpc) is 2.62. The summed E-state index contributed by atoms with van der Waals surface area (Å²) in [5, 5.41) is 5.73. The van der Waals surface area contributed by atoms with Gasteiger partial charge >= 0.3 is 6.03 Å². The molecule has 1 aliphatic heterocycles. The number of hydrogen-bond acceptors (Lipinski definition) is 4. The molecule has 24 heavy (non-hydrogen) atoms. The van der Waals surface area contributed by atoms with Crippen LogP contribution in [0.3, 0.4) is 0 Å². The number of anilines is 2. The third kappa shape index (κ3) is 4.41. The highest BCUT2D eigenvalue weighted by Gasteiger charge is 2.13. The highest BCUT2D eigenvalue weighted by Crippen LogP contribution is 2.26. The van der Waals surface area contributed by atoms with Gasteiger partial charge in [0.25, 0.3) is 0 Å². The third-order valence-electron chi connectivity index (χ3n) is 3.98. The normalized spacial score (nSPS) is 14.3. The molecule has 0 aliphatic carbocycles. The van der Waals surface area contributed by atoms with E-state index in [-0.39, 0.29) is 6.03 Å². The van der Waals surface area contributed by atoms with E-state index in [1.807, 2.05) is 36.0 Å². The van der Waals surface area contributed by atoms with E-state index in [9.17, 15) is 4.79 Å². The Morgan fingerprint density at radius 3 is 2.83 bits per heavy atom.